The van der Waals surface area contributed by atoms with Crippen LogP contribution in [0.1, 0.15) is 117 Å². The fraction of sp³-hybridized carbons (Fsp3) is 0.955. The third-order valence-corrected chi connectivity index (χ3v) is 4.54. The van der Waals surface area contributed by atoms with Gasteiger partial charge in [0.05, 0.1) is 0 Å². The molecule has 0 rings (SSSR count). The quantitative estimate of drug-likeness (QED) is 0.0838. The van der Waals surface area contributed by atoms with Crippen molar-refractivity contribution in [3.63, 3.8) is 0 Å². The van der Waals surface area contributed by atoms with Gasteiger partial charge in [0.1, 0.15) is 0 Å². The molecule has 0 unspecified atom stereocenters. The van der Waals surface area contributed by atoms with Gasteiger partial charge in [0.2, 0.25) is 0 Å². The zero-order valence-electron chi connectivity index (χ0n) is 17.9. The first-order valence-corrected chi connectivity index (χ1v) is 10.9. The van der Waals surface area contributed by atoms with Gasteiger partial charge in [0.25, 0.3) is 0 Å². The maximum atomic E-state index is 6.00. The molecule has 0 bridgehead atoms. The van der Waals surface area contributed by atoms with Crippen molar-refractivity contribution in [1.29, 1.82) is 0 Å². The predicted octanol–water partition coefficient (Wildman–Crippen LogP) is 4.08. The van der Waals surface area contributed by atoms with Crippen molar-refractivity contribution in [1.82, 2.24) is 0 Å². The maximum Gasteiger partial charge on any atom is 2.00 e. The van der Waals surface area contributed by atoms with Gasteiger partial charge in [-0.3, -0.25) is 0 Å². The first-order valence-electron chi connectivity index (χ1n) is 10.9. The average molecular weight is 493 g/mol. The van der Waals surface area contributed by atoms with E-state index in [0.717, 1.165) is 26.1 Å². The van der Waals surface area contributed by atoms with Crippen LogP contribution in [0.15, 0.2) is 0 Å². The van der Waals surface area contributed by atoms with Gasteiger partial charge in [-0.15, -0.1) is 0 Å². The Labute approximate surface area is 198 Å². The molecule has 0 amide bonds. The van der Waals surface area contributed by atoms with Gasteiger partial charge in [-0.2, -0.15) is 6.42 Å². The fourth-order valence-corrected chi connectivity index (χ4v) is 2.90. The average Bonchev–Trinajstić information content (AvgIpc) is 2.59. The minimum Gasteiger partial charge on any atom is -1.00 e. The second-order valence-corrected chi connectivity index (χ2v) is 7.06. The zero-order chi connectivity index (χ0) is 17.7. The van der Waals surface area contributed by atoms with E-state index in [1.165, 1.54) is 89.9 Å². The predicted molar refractivity (Wildman–Crippen MR) is 112 cm³/mol. The zero-order valence-corrected chi connectivity index (χ0v) is 21.5. The Hall–Kier alpha value is 1.42. The molecule has 0 aromatic carbocycles. The Morgan fingerprint density at radius 1 is 0.615 bits per heavy atom. The molecule has 0 aliphatic carbocycles. The molecule has 0 spiro atoms. The number of ether oxygens (including phenoxy) is 2. The molecule has 4 heteroatoms. The topological polar surface area (TPSA) is 18.5 Å². The van der Waals surface area contributed by atoms with Gasteiger partial charge >= 0.3 is 23.1 Å². The van der Waals surface area contributed by atoms with Gasteiger partial charge in [0.15, 0.2) is 6.29 Å². The van der Waals surface area contributed by atoms with Crippen molar-refractivity contribution in [2.45, 2.75) is 123 Å². The molecular weight excluding hydrogens is 447 g/mol. The van der Waals surface area contributed by atoms with Crippen LogP contribution in [0.5, 0.6) is 0 Å². The monoisotopic (exact) mass is 492 g/mol. The van der Waals surface area contributed by atoms with E-state index in [4.69, 9.17) is 9.47 Å². The van der Waals surface area contributed by atoms with Crippen LogP contribution < -0.4 is 24.0 Å². The summed E-state index contributed by atoms with van der Waals surface area (Å²) < 4.78 is 12.0. The van der Waals surface area contributed by atoms with Crippen molar-refractivity contribution in [2.75, 3.05) is 13.2 Å². The second kappa shape index (κ2) is 28.6. The normalized spacial score (nSPS) is 10.6. The molecule has 0 saturated carbocycles. The Morgan fingerprint density at radius 2 is 1.04 bits per heavy atom. The van der Waals surface area contributed by atoms with Gasteiger partial charge in [0, 0.05) is 13.2 Å². The molecule has 154 valence electrons. The summed E-state index contributed by atoms with van der Waals surface area (Å²) in [5, 5.41) is 0. The molecule has 0 heterocycles. The minimum absolute atomic E-state index is 0. The second-order valence-electron chi connectivity index (χ2n) is 7.06. The summed E-state index contributed by atoms with van der Waals surface area (Å²) in [6, 6.07) is 0. The molecule has 0 aliphatic rings. The molecule has 26 heavy (non-hydrogen) atoms. The smallest absolute Gasteiger partial charge is 1.00 e. The number of halogens is 1. The summed E-state index contributed by atoms with van der Waals surface area (Å²) in [6.45, 7) is 10.2. The number of hydrogen-bond donors (Lipinski definition) is 0. The van der Waals surface area contributed by atoms with Crippen molar-refractivity contribution < 1.29 is 33.5 Å². The first-order chi connectivity index (χ1) is 11.8. The van der Waals surface area contributed by atoms with Crippen LogP contribution in [0.4, 0.5) is 0 Å². The Bertz CT molecular complexity index is 212. The van der Waals surface area contributed by atoms with E-state index in [1.807, 2.05) is 0 Å². The Morgan fingerprint density at radius 3 is 1.46 bits per heavy atom. The van der Waals surface area contributed by atoms with E-state index in [0.29, 0.717) is 0 Å². The largest absolute Gasteiger partial charge is 2.00 e. The molecule has 0 atom stereocenters. The Kier molecular flexibility index (Phi) is 35.3. The van der Waals surface area contributed by atoms with Gasteiger partial charge in [-0.25, -0.2) is 0 Å². The molecule has 0 aromatic heterocycles. The van der Waals surface area contributed by atoms with Crippen molar-refractivity contribution >= 4 is 23.1 Å². The van der Waals surface area contributed by atoms with Gasteiger partial charge < -0.3 is 40.4 Å². The molecule has 2 nitrogen and oxygen atoms in total. The van der Waals surface area contributed by atoms with Gasteiger partial charge in [-0.1, -0.05) is 90.9 Å². The maximum absolute atomic E-state index is 6.00. The summed E-state index contributed by atoms with van der Waals surface area (Å²) in [7, 11) is 0. The summed E-state index contributed by atoms with van der Waals surface area (Å²) in [6.07, 6.45) is 20.2. The molecule has 0 saturated heterocycles. The third-order valence-electron chi connectivity index (χ3n) is 4.54. The fourth-order valence-electron chi connectivity index (χ4n) is 2.90. The van der Waals surface area contributed by atoms with Crippen LogP contribution in [-0.4, -0.2) is 42.6 Å². The summed E-state index contributed by atoms with van der Waals surface area (Å²) in [5.41, 5.74) is 0. The number of rotatable bonds is 20. The van der Waals surface area contributed by atoms with Crippen molar-refractivity contribution in [2.24, 2.45) is 0 Å². The van der Waals surface area contributed by atoms with Crippen molar-refractivity contribution in [3.8, 4) is 0 Å². The molecule has 0 N–H and O–H groups in total. The van der Waals surface area contributed by atoms with Crippen LogP contribution in [0.2, 0.25) is 0 Å². The number of hydrogen-bond acceptors (Lipinski definition) is 2. The van der Waals surface area contributed by atoms with Crippen LogP contribution >= 0.6 is 0 Å². The van der Waals surface area contributed by atoms with E-state index >= 15 is 0 Å². The molecule has 0 aliphatic heterocycles. The van der Waals surface area contributed by atoms with Gasteiger partial charge in [-0.05, 0) is 19.3 Å². The van der Waals surface area contributed by atoms with E-state index in [1.54, 1.807) is 0 Å². The SMILES string of the molecule is [CH2-]CCCCC(OCCCCCCCC)OCCCCCCCC.[I-].[Mg+2]. The van der Waals surface area contributed by atoms with E-state index in [-0.39, 0.29) is 53.3 Å². The van der Waals surface area contributed by atoms with Crippen LogP contribution in [0.3, 0.4) is 0 Å². The minimum atomic E-state index is 0. The van der Waals surface area contributed by atoms with E-state index in [9.17, 15) is 0 Å². The van der Waals surface area contributed by atoms with E-state index < -0.39 is 0 Å². The molecular formula is C22H45IMgO2. The summed E-state index contributed by atoms with van der Waals surface area (Å²) >= 11 is 0. The van der Waals surface area contributed by atoms with E-state index in [2.05, 4.69) is 20.8 Å². The summed E-state index contributed by atoms with van der Waals surface area (Å²) in [4.78, 5) is 0. The summed E-state index contributed by atoms with van der Waals surface area (Å²) in [5.74, 6) is 0. The van der Waals surface area contributed by atoms with Crippen LogP contribution in [0, 0.1) is 6.92 Å². The van der Waals surface area contributed by atoms with Crippen LogP contribution in [-0.2, 0) is 9.47 Å². The third kappa shape index (κ3) is 25.4. The van der Waals surface area contributed by atoms with Crippen molar-refractivity contribution in [3.05, 3.63) is 6.92 Å². The standard InChI is InChI=1S/C22H45O2.HI.Mg/c1-4-7-10-12-14-17-20-23-22(19-16-9-6-3)24-21-18-15-13-11-8-5-2;;/h22H,3-21H2,1-2H3;1H;/q-1;;+2/p-1. The first kappa shape index (κ1) is 32.1. The Balaban J connectivity index is -0.00000264. The molecule has 0 aromatic rings. The van der Waals surface area contributed by atoms with Crippen LogP contribution in [0.25, 0.3) is 0 Å². The molecule has 0 radical (unpaired) electrons. The number of unbranched alkanes of at least 4 members (excludes halogenated alkanes) is 12. The molecule has 0 fully saturated rings.